The Bertz CT molecular complexity index is 223. The summed E-state index contributed by atoms with van der Waals surface area (Å²) in [6, 6.07) is 0. The quantitative estimate of drug-likeness (QED) is 0.540. The lowest BCUT2D eigenvalue weighted by atomic mass is 9.87. The van der Waals surface area contributed by atoms with E-state index in [1.165, 1.54) is 12.2 Å². The molecular weight excluding hydrogens is 139 g/mol. The van der Waals surface area contributed by atoms with Gasteiger partial charge < -0.3 is 0 Å². The lowest BCUT2D eigenvalue weighted by Gasteiger charge is -2.17. The molecule has 0 amide bonds. The molecule has 0 aromatic heterocycles. The van der Waals surface area contributed by atoms with E-state index in [0.29, 0.717) is 0 Å². The zero-order valence-corrected chi connectivity index (χ0v) is 6.97. The second-order valence-corrected chi connectivity index (χ2v) is 3.10. The molecule has 0 bridgehead atoms. The summed E-state index contributed by atoms with van der Waals surface area (Å²) in [7, 11) is 0. The van der Waals surface area contributed by atoms with Crippen molar-refractivity contribution in [2.24, 2.45) is 5.41 Å². The maximum Gasteiger partial charge on any atom is 0.122 e. The second-order valence-electron chi connectivity index (χ2n) is 3.10. The predicted molar refractivity (Wildman–Crippen MR) is 45.9 cm³/mol. The Morgan fingerprint density at radius 2 is 2.18 bits per heavy atom. The molecule has 0 saturated carbocycles. The van der Waals surface area contributed by atoms with Gasteiger partial charge in [-0.15, -0.1) is 0 Å². The molecule has 1 heteroatoms. The normalized spacial score (nSPS) is 29.9. The third kappa shape index (κ3) is 2.04. The molecule has 1 unspecified atom stereocenters. The summed E-state index contributed by atoms with van der Waals surface area (Å²) in [5, 5.41) is 0. The van der Waals surface area contributed by atoms with Crippen LogP contribution in [-0.2, 0) is 0 Å². The molecule has 0 N–H and O–H groups in total. The average Bonchev–Trinajstić information content (AvgIpc) is 2.15. The number of hydrogen-bond acceptors (Lipinski definition) is 0. The van der Waals surface area contributed by atoms with Crippen LogP contribution in [0.15, 0.2) is 36.2 Å². The van der Waals surface area contributed by atoms with Crippen LogP contribution in [0, 0.1) is 5.41 Å². The number of halogens is 1. The van der Waals surface area contributed by atoms with Gasteiger partial charge in [-0.2, -0.15) is 0 Å². The van der Waals surface area contributed by atoms with Crippen molar-refractivity contribution >= 4 is 0 Å². The standard InChI is InChI=1S/C10H13F/c1-3-10(2)7-4-5-9(11)6-8-10/h4-8H,3H2,1-2H3. The molecule has 11 heavy (non-hydrogen) atoms. The molecule has 0 saturated heterocycles. The van der Waals surface area contributed by atoms with Crippen molar-refractivity contribution in [2.45, 2.75) is 20.3 Å². The van der Waals surface area contributed by atoms with Crippen LogP contribution >= 0.6 is 0 Å². The van der Waals surface area contributed by atoms with Gasteiger partial charge in [-0.3, -0.25) is 0 Å². The zero-order valence-electron chi connectivity index (χ0n) is 6.97. The summed E-state index contributed by atoms with van der Waals surface area (Å²) in [6.45, 7) is 4.18. The first-order chi connectivity index (χ1) is 5.16. The van der Waals surface area contributed by atoms with Crippen molar-refractivity contribution in [3.8, 4) is 0 Å². The van der Waals surface area contributed by atoms with Crippen LogP contribution in [-0.4, -0.2) is 0 Å². The predicted octanol–water partition coefficient (Wildman–Crippen LogP) is 3.38. The topological polar surface area (TPSA) is 0 Å². The van der Waals surface area contributed by atoms with Crippen LogP contribution in [0.2, 0.25) is 0 Å². The Morgan fingerprint density at radius 3 is 2.82 bits per heavy atom. The summed E-state index contributed by atoms with van der Waals surface area (Å²) in [6.07, 6.45) is 9.72. The largest absolute Gasteiger partial charge is 0.207 e. The molecule has 0 spiro atoms. The zero-order chi connectivity index (χ0) is 8.32. The van der Waals surface area contributed by atoms with Crippen LogP contribution in [0.3, 0.4) is 0 Å². The van der Waals surface area contributed by atoms with Crippen molar-refractivity contribution in [1.29, 1.82) is 0 Å². The smallest absolute Gasteiger partial charge is 0.122 e. The average molecular weight is 152 g/mol. The van der Waals surface area contributed by atoms with Crippen LogP contribution < -0.4 is 0 Å². The Labute approximate surface area is 67.1 Å². The highest BCUT2D eigenvalue weighted by Crippen LogP contribution is 2.27. The maximum atomic E-state index is 12.6. The van der Waals surface area contributed by atoms with E-state index in [4.69, 9.17) is 0 Å². The highest BCUT2D eigenvalue weighted by Gasteiger charge is 2.14. The Morgan fingerprint density at radius 1 is 1.45 bits per heavy atom. The van der Waals surface area contributed by atoms with Gasteiger partial charge in [-0.05, 0) is 18.6 Å². The molecule has 0 aromatic carbocycles. The Kier molecular flexibility index (Phi) is 2.28. The lowest BCUT2D eigenvalue weighted by Crippen LogP contribution is -2.06. The van der Waals surface area contributed by atoms with Crippen molar-refractivity contribution in [1.82, 2.24) is 0 Å². The minimum atomic E-state index is -0.168. The number of hydrogen-bond donors (Lipinski definition) is 0. The molecule has 60 valence electrons. The van der Waals surface area contributed by atoms with Gasteiger partial charge in [0.1, 0.15) is 5.83 Å². The first-order valence-corrected chi connectivity index (χ1v) is 3.90. The fourth-order valence-electron chi connectivity index (χ4n) is 0.977. The molecule has 1 aliphatic carbocycles. The highest BCUT2D eigenvalue weighted by atomic mass is 19.1. The van der Waals surface area contributed by atoms with Gasteiger partial charge in [-0.25, -0.2) is 4.39 Å². The summed E-state index contributed by atoms with van der Waals surface area (Å²) in [4.78, 5) is 0. The molecule has 0 aromatic rings. The molecular formula is C10H13F. The van der Waals surface area contributed by atoms with Gasteiger partial charge in [0.2, 0.25) is 0 Å². The fraction of sp³-hybridized carbons (Fsp3) is 0.400. The molecule has 0 radical (unpaired) electrons. The second kappa shape index (κ2) is 3.04. The van der Waals surface area contributed by atoms with Crippen LogP contribution in [0.5, 0.6) is 0 Å². The van der Waals surface area contributed by atoms with E-state index in [-0.39, 0.29) is 11.2 Å². The van der Waals surface area contributed by atoms with E-state index in [1.807, 2.05) is 12.2 Å². The molecule has 0 heterocycles. The van der Waals surface area contributed by atoms with E-state index in [2.05, 4.69) is 13.8 Å². The molecule has 1 rings (SSSR count). The fourth-order valence-corrected chi connectivity index (χ4v) is 0.977. The third-order valence-corrected chi connectivity index (χ3v) is 2.12. The van der Waals surface area contributed by atoms with Gasteiger partial charge in [0.25, 0.3) is 0 Å². The van der Waals surface area contributed by atoms with E-state index in [9.17, 15) is 4.39 Å². The van der Waals surface area contributed by atoms with Crippen molar-refractivity contribution in [2.75, 3.05) is 0 Å². The first kappa shape index (κ1) is 8.25. The molecule has 1 aliphatic rings. The van der Waals surface area contributed by atoms with E-state index in [0.717, 1.165) is 6.42 Å². The lowest BCUT2D eigenvalue weighted by molar-refractivity contribution is 0.529. The highest BCUT2D eigenvalue weighted by molar-refractivity contribution is 5.27. The molecule has 1 atom stereocenters. The van der Waals surface area contributed by atoms with E-state index in [1.54, 1.807) is 6.08 Å². The van der Waals surface area contributed by atoms with Gasteiger partial charge in [0.15, 0.2) is 0 Å². The summed E-state index contributed by atoms with van der Waals surface area (Å²) < 4.78 is 12.6. The summed E-state index contributed by atoms with van der Waals surface area (Å²) in [5.41, 5.74) is 0.0321. The third-order valence-electron chi connectivity index (χ3n) is 2.12. The van der Waals surface area contributed by atoms with E-state index < -0.39 is 0 Å². The Hall–Kier alpha value is -0.850. The summed E-state index contributed by atoms with van der Waals surface area (Å²) in [5.74, 6) is -0.168. The van der Waals surface area contributed by atoms with Crippen LogP contribution in [0.25, 0.3) is 0 Å². The minimum absolute atomic E-state index is 0.0321. The van der Waals surface area contributed by atoms with E-state index >= 15 is 0 Å². The van der Waals surface area contributed by atoms with Gasteiger partial charge in [-0.1, -0.05) is 32.1 Å². The summed E-state index contributed by atoms with van der Waals surface area (Å²) >= 11 is 0. The van der Waals surface area contributed by atoms with Crippen molar-refractivity contribution in [3.05, 3.63) is 36.2 Å². The van der Waals surface area contributed by atoms with Gasteiger partial charge >= 0.3 is 0 Å². The Balaban J connectivity index is 2.86. The van der Waals surface area contributed by atoms with Crippen LogP contribution in [0.1, 0.15) is 20.3 Å². The maximum absolute atomic E-state index is 12.6. The minimum Gasteiger partial charge on any atom is -0.207 e. The molecule has 0 fully saturated rings. The number of rotatable bonds is 1. The number of allylic oxidation sites excluding steroid dienone is 6. The molecule has 0 aliphatic heterocycles. The monoisotopic (exact) mass is 152 g/mol. The van der Waals surface area contributed by atoms with Crippen LogP contribution in [0.4, 0.5) is 4.39 Å². The van der Waals surface area contributed by atoms with Crippen molar-refractivity contribution in [3.63, 3.8) is 0 Å². The van der Waals surface area contributed by atoms with Gasteiger partial charge in [0.05, 0.1) is 0 Å². The van der Waals surface area contributed by atoms with Crippen molar-refractivity contribution < 1.29 is 4.39 Å². The SMILES string of the molecule is CCC1(C)C=CC=C(F)C=C1. The first-order valence-electron chi connectivity index (χ1n) is 3.90. The van der Waals surface area contributed by atoms with Gasteiger partial charge in [0, 0.05) is 5.41 Å². The molecule has 0 nitrogen and oxygen atoms in total.